The second kappa shape index (κ2) is 9.89. The van der Waals surface area contributed by atoms with Crippen molar-refractivity contribution < 1.29 is 4.79 Å². The molecule has 190 valence electrons. The molecule has 1 amide bonds. The third-order valence-electron chi connectivity index (χ3n) is 6.80. The standard InChI is InChI=1S/C29H30IN5O2/c1-19-7-8-21(20-11-14-34(15-12-20)27(36)22-6-5-13-31-17-22)16-23(19)24-9-10-25-26(32-24)33(4)28(37)35(25)18-29(2,3)30/h5-11,13,16-17H,12,14-15,18H2,1-4H3. The Bertz CT molecular complexity index is 1580. The summed E-state index contributed by atoms with van der Waals surface area (Å²) in [5.74, 6) is 0.00833. The molecular weight excluding hydrogens is 577 g/mol. The lowest BCUT2D eigenvalue weighted by atomic mass is 9.94. The third-order valence-corrected chi connectivity index (χ3v) is 7.15. The van der Waals surface area contributed by atoms with Crippen LogP contribution in [0.3, 0.4) is 0 Å². The minimum Gasteiger partial charge on any atom is -0.335 e. The van der Waals surface area contributed by atoms with E-state index in [2.05, 4.69) is 72.6 Å². The number of imidazole rings is 1. The van der Waals surface area contributed by atoms with Crippen LogP contribution in [0.5, 0.6) is 0 Å². The minimum atomic E-state index is -0.0502. The van der Waals surface area contributed by atoms with Crippen LogP contribution in [0.1, 0.15) is 41.8 Å². The SMILES string of the molecule is Cc1ccc(C2=CCN(C(=O)c3cccnc3)CC2)cc1-c1ccc2c(n1)n(C)c(=O)n2CC(C)(C)I. The summed E-state index contributed by atoms with van der Waals surface area (Å²) in [5, 5.41) is 0. The van der Waals surface area contributed by atoms with Crippen molar-refractivity contribution in [1.82, 2.24) is 24.0 Å². The second-order valence-electron chi connectivity index (χ2n) is 10.2. The van der Waals surface area contributed by atoms with Gasteiger partial charge in [-0.05, 0) is 74.2 Å². The van der Waals surface area contributed by atoms with Gasteiger partial charge in [-0.3, -0.25) is 18.9 Å². The minimum absolute atomic E-state index is 0.00833. The highest BCUT2D eigenvalue weighted by atomic mass is 127. The molecule has 0 saturated carbocycles. The molecule has 4 heterocycles. The highest BCUT2D eigenvalue weighted by molar-refractivity contribution is 14.1. The maximum Gasteiger partial charge on any atom is 0.330 e. The van der Waals surface area contributed by atoms with Gasteiger partial charge in [0.1, 0.15) is 0 Å². The lowest BCUT2D eigenvalue weighted by Crippen LogP contribution is -2.34. The van der Waals surface area contributed by atoms with E-state index in [1.54, 1.807) is 36.1 Å². The summed E-state index contributed by atoms with van der Waals surface area (Å²) in [6.45, 7) is 8.16. The van der Waals surface area contributed by atoms with E-state index in [1.165, 1.54) is 5.57 Å². The summed E-state index contributed by atoms with van der Waals surface area (Å²) in [6, 6.07) is 14.0. The first kappa shape index (κ1) is 25.4. The topological polar surface area (TPSA) is 73.0 Å². The smallest absolute Gasteiger partial charge is 0.330 e. The predicted octanol–water partition coefficient (Wildman–Crippen LogP) is 5.25. The Hall–Kier alpha value is -3.27. The van der Waals surface area contributed by atoms with Crippen molar-refractivity contribution in [2.24, 2.45) is 7.05 Å². The van der Waals surface area contributed by atoms with Crippen LogP contribution >= 0.6 is 22.6 Å². The van der Waals surface area contributed by atoms with Crippen LogP contribution in [0.2, 0.25) is 0 Å². The second-order valence-corrected chi connectivity index (χ2v) is 13.1. The average Bonchev–Trinajstić information content (AvgIpc) is 3.12. The normalized spacial score (nSPS) is 14.2. The van der Waals surface area contributed by atoms with Crippen molar-refractivity contribution in [3.8, 4) is 11.3 Å². The first-order valence-corrected chi connectivity index (χ1v) is 13.5. The van der Waals surface area contributed by atoms with Gasteiger partial charge in [0.2, 0.25) is 0 Å². The van der Waals surface area contributed by atoms with E-state index in [1.807, 2.05) is 21.6 Å². The van der Waals surface area contributed by atoms with Gasteiger partial charge in [0, 0.05) is 48.1 Å². The highest BCUT2D eigenvalue weighted by Gasteiger charge is 2.22. The monoisotopic (exact) mass is 607 g/mol. The Morgan fingerprint density at radius 3 is 2.65 bits per heavy atom. The largest absolute Gasteiger partial charge is 0.335 e. The fraction of sp³-hybridized carbons (Fsp3) is 0.310. The Labute approximate surface area is 230 Å². The van der Waals surface area contributed by atoms with Crippen LogP contribution in [0, 0.1) is 6.92 Å². The van der Waals surface area contributed by atoms with Gasteiger partial charge < -0.3 is 4.90 Å². The van der Waals surface area contributed by atoms with Crippen molar-refractivity contribution in [2.45, 2.75) is 37.2 Å². The highest BCUT2D eigenvalue weighted by Crippen LogP contribution is 2.30. The van der Waals surface area contributed by atoms with Crippen LogP contribution in [0.25, 0.3) is 28.0 Å². The van der Waals surface area contributed by atoms with E-state index in [9.17, 15) is 9.59 Å². The first-order valence-electron chi connectivity index (χ1n) is 12.4. The Kier molecular flexibility index (Phi) is 6.78. The van der Waals surface area contributed by atoms with Gasteiger partial charge in [0.15, 0.2) is 5.65 Å². The molecule has 0 radical (unpaired) electrons. The van der Waals surface area contributed by atoms with Crippen LogP contribution in [-0.4, -0.2) is 46.4 Å². The number of pyridine rings is 2. The molecule has 0 N–H and O–H groups in total. The van der Waals surface area contributed by atoms with E-state index in [0.717, 1.165) is 34.3 Å². The Morgan fingerprint density at radius 2 is 1.97 bits per heavy atom. The number of alkyl halides is 1. The molecule has 5 rings (SSSR count). The van der Waals surface area contributed by atoms with E-state index >= 15 is 0 Å². The molecule has 0 spiro atoms. The van der Waals surface area contributed by atoms with E-state index in [-0.39, 0.29) is 15.0 Å². The maximum absolute atomic E-state index is 12.9. The van der Waals surface area contributed by atoms with Gasteiger partial charge in [0.05, 0.1) is 16.8 Å². The van der Waals surface area contributed by atoms with Crippen LogP contribution in [0.4, 0.5) is 0 Å². The molecule has 0 bridgehead atoms. The fourth-order valence-corrected chi connectivity index (χ4v) is 5.18. The number of hydrogen-bond acceptors (Lipinski definition) is 4. The number of rotatable bonds is 5. The van der Waals surface area contributed by atoms with Gasteiger partial charge in [0.25, 0.3) is 5.91 Å². The molecule has 0 atom stereocenters. The number of aryl methyl sites for hydroxylation is 2. The molecule has 0 unspecified atom stereocenters. The molecule has 0 saturated heterocycles. The van der Waals surface area contributed by atoms with Crippen molar-refractivity contribution in [3.05, 3.63) is 88.1 Å². The lowest BCUT2D eigenvalue weighted by molar-refractivity contribution is 0.0772. The van der Waals surface area contributed by atoms with Crippen LogP contribution in [-0.2, 0) is 13.6 Å². The number of hydrogen-bond donors (Lipinski definition) is 0. The Balaban J connectivity index is 1.45. The fourth-order valence-electron chi connectivity index (χ4n) is 4.84. The van der Waals surface area contributed by atoms with Crippen LogP contribution < -0.4 is 5.69 Å². The average molecular weight is 607 g/mol. The molecule has 1 aliphatic rings. The molecule has 1 aromatic carbocycles. The van der Waals surface area contributed by atoms with Crippen molar-refractivity contribution in [2.75, 3.05) is 13.1 Å². The zero-order valence-corrected chi connectivity index (χ0v) is 23.7. The van der Waals surface area contributed by atoms with Crippen molar-refractivity contribution in [3.63, 3.8) is 0 Å². The lowest BCUT2D eigenvalue weighted by Gasteiger charge is -2.27. The molecule has 0 fully saturated rings. The first-order chi connectivity index (χ1) is 17.6. The van der Waals surface area contributed by atoms with Crippen molar-refractivity contribution in [1.29, 1.82) is 0 Å². The number of halogens is 1. The number of carbonyl (C=O) groups is 1. The predicted molar refractivity (Wildman–Crippen MR) is 156 cm³/mol. The van der Waals surface area contributed by atoms with Gasteiger partial charge in [-0.15, -0.1) is 0 Å². The van der Waals surface area contributed by atoms with Crippen molar-refractivity contribution >= 4 is 45.2 Å². The van der Waals surface area contributed by atoms with Crippen LogP contribution in [0.15, 0.2) is 65.7 Å². The summed E-state index contributed by atoms with van der Waals surface area (Å²) < 4.78 is 3.40. The van der Waals surface area contributed by atoms with E-state index in [0.29, 0.717) is 30.8 Å². The Morgan fingerprint density at radius 1 is 1.16 bits per heavy atom. The van der Waals surface area contributed by atoms with Gasteiger partial charge in [-0.2, -0.15) is 0 Å². The van der Waals surface area contributed by atoms with E-state index in [4.69, 9.17) is 4.98 Å². The molecule has 0 aliphatic carbocycles. The zero-order valence-electron chi connectivity index (χ0n) is 21.5. The number of fused-ring (bicyclic) bond motifs is 1. The molecule has 37 heavy (non-hydrogen) atoms. The number of benzene rings is 1. The number of nitrogens with zero attached hydrogens (tertiary/aromatic N) is 5. The molecule has 7 nitrogen and oxygen atoms in total. The summed E-state index contributed by atoms with van der Waals surface area (Å²) >= 11 is 2.37. The number of aromatic nitrogens is 4. The summed E-state index contributed by atoms with van der Waals surface area (Å²) in [7, 11) is 1.78. The molecule has 4 aromatic rings. The summed E-state index contributed by atoms with van der Waals surface area (Å²) in [5.41, 5.74) is 7.48. The summed E-state index contributed by atoms with van der Waals surface area (Å²) in [6.07, 6.45) is 6.21. The number of carbonyl (C=O) groups excluding carboxylic acids is 1. The van der Waals surface area contributed by atoms with Gasteiger partial charge in [-0.25, -0.2) is 9.78 Å². The zero-order chi connectivity index (χ0) is 26.3. The maximum atomic E-state index is 12.9. The quantitative estimate of drug-likeness (QED) is 0.230. The molecule has 8 heteroatoms. The molecule has 1 aliphatic heterocycles. The summed E-state index contributed by atoms with van der Waals surface area (Å²) in [4.78, 5) is 36.6. The third kappa shape index (κ3) is 5.12. The molecular formula is C29H30IN5O2. The number of amides is 1. The van der Waals surface area contributed by atoms with E-state index < -0.39 is 0 Å². The molecule has 3 aromatic heterocycles. The van der Waals surface area contributed by atoms with Gasteiger partial charge >= 0.3 is 5.69 Å². The van der Waals surface area contributed by atoms with Gasteiger partial charge in [-0.1, -0.05) is 40.8 Å².